The molecule has 28 heavy (non-hydrogen) atoms. The van der Waals surface area contributed by atoms with Crippen LogP contribution in [0.2, 0.25) is 15.1 Å². The lowest BCUT2D eigenvalue weighted by atomic mass is 10.0. The van der Waals surface area contributed by atoms with Gasteiger partial charge < -0.3 is 9.80 Å². The summed E-state index contributed by atoms with van der Waals surface area (Å²) in [6.07, 6.45) is 0. The standard InChI is InChI=1S/C21H18Cl3N3O/c1-26-8-10-27(11-9-26)21(28)15-12-18(25-17-5-3-2-4-13(15)17)14-6-7-16(22)20(24)19(14)23/h2-7,12H,8-11H2,1H3. The summed E-state index contributed by atoms with van der Waals surface area (Å²) in [6.45, 7) is 3.13. The maximum Gasteiger partial charge on any atom is 0.254 e. The average molecular weight is 435 g/mol. The second-order valence-corrected chi connectivity index (χ2v) is 8.05. The van der Waals surface area contributed by atoms with Gasteiger partial charge in [0.25, 0.3) is 5.91 Å². The van der Waals surface area contributed by atoms with E-state index in [9.17, 15) is 4.79 Å². The molecular weight excluding hydrogens is 417 g/mol. The summed E-state index contributed by atoms with van der Waals surface area (Å²) in [5, 5.41) is 1.81. The second kappa shape index (κ2) is 7.88. The summed E-state index contributed by atoms with van der Waals surface area (Å²) in [6, 6.07) is 12.9. The molecule has 1 fully saturated rings. The number of nitrogens with zero attached hydrogens (tertiary/aromatic N) is 3. The minimum atomic E-state index is 0.00383. The Bertz CT molecular complexity index is 1060. The summed E-state index contributed by atoms with van der Waals surface area (Å²) < 4.78 is 0. The van der Waals surface area contributed by atoms with Crippen LogP contribution in [0.25, 0.3) is 22.2 Å². The number of carbonyl (C=O) groups excluding carboxylic acids is 1. The number of halogens is 3. The Hall–Kier alpha value is -1.85. The van der Waals surface area contributed by atoms with E-state index in [1.54, 1.807) is 18.2 Å². The van der Waals surface area contributed by atoms with E-state index >= 15 is 0 Å². The number of piperazine rings is 1. The molecule has 1 saturated heterocycles. The van der Waals surface area contributed by atoms with Gasteiger partial charge in [0.2, 0.25) is 0 Å². The lowest BCUT2D eigenvalue weighted by Crippen LogP contribution is -2.47. The van der Waals surface area contributed by atoms with Crippen molar-refractivity contribution in [2.45, 2.75) is 0 Å². The predicted octanol–water partition coefficient (Wildman–Crippen LogP) is 5.25. The van der Waals surface area contributed by atoms with Crippen molar-refractivity contribution in [1.82, 2.24) is 14.8 Å². The molecule has 3 aromatic rings. The van der Waals surface area contributed by atoms with Gasteiger partial charge in [0.05, 0.1) is 31.8 Å². The van der Waals surface area contributed by atoms with Crippen molar-refractivity contribution in [2.24, 2.45) is 0 Å². The number of aromatic nitrogens is 1. The zero-order chi connectivity index (χ0) is 19.8. The molecule has 1 aromatic heterocycles. The molecule has 2 heterocycles. The minimum Gasteiger partial charge on any atom is -0.336 e. The Morgan fingerprint density at radius 1 is 0.964 bits per heavy atom. The Morgan fingerprint density at radius 3 is 2.43 bits per heavy atom. The molecule has 144 valence electrons. The average Bonchev–Trinajstić information content (AvgIpc) is 2.71. The van der Waals surface area contributed by atoms with Crippen molar-refractivity contribution in [3.63, 3.8) is 0 Å². The van der Waals surface area contributed by atoms with E-state index in [-0.39, 0.29) is 10.9 Å². The first-order valence-corrected chi connectivity index (χ1v) is 10.1. The lowest BCUT2D eigenvalue weighted by molar-refractivity contribution is 0.0666. The van der Waals surface area contributed by atoms with E-state index in [1.807, 2.05) is 29.2 Å². The predicted molar refractivity (Wildman–Crippen MR) is 116 cm³/mol. The van der Waals surface area contributed by atoms with Gasteiger partial charge in [-0.2, -0.15) is 0 Å². The highest BCUT2D eigenvalue weighted by Gasteiger charge is 2.23. The molecule has 0 aliphatic carbocycles. The number of likely N-dealkylation sites (N-methyl/N-ethyl adjacent to an activating group) is 1. The Morgan fingerprint density at radius 2 is 1.68 bits per heavy atom. The van der Waals surface area contributed by atoms with Gasteiger partial charge in [0.1, 0.15) is 0 Å². The molecule has 0 N–H and O–H groups in total. The first-order valence-electron chi connectivity index (χ1n) is 8.97. The number of amides is 1. The molecule has 4 nitrogen and oxygen atoms in total. The van der Waals surface area contributed by atoms with Crippen LogP contribution in [-0.2, 0) is 0 Å². The van der Waals surface area contributed by atoms with Crippen molar-refractivity contribution < 1.29 is 4.79 Å². The number of carbonyl (C=O) groups is 1. The SMILES string of the molecule is CN1CCN(C(=O)c2cc(-c3ccc(Cl)c(Cl)c3Cl)nc3ccccc23)CC1. The van der Waals surface area contributed by atoms with Crippen LogP contribution in [0.4, 0.5) is 0 Å². The maximum atomic E-state index is 13.3. The minimum absolute atomic E-state index is 0.00383. The van der Waals surface area contributed by atoms with Gasteiger partial charge in [0, 0.05) is 37.1 Å². The molecule has 0 unspecified atom stereocenters. The van der Waals surface area contributed by atoms with E-state index in [2.05, 4.69) is 11.9 Å². The van der Waals surface area contributed by atoms with E-state index < -0.39 is 0 Å². The molecule has 1 aliphatic rings. The third kappa shape index (κ3) is 3.58. The van der Waals surface area contributed by atoms with Crippen LogP contribution in [0.3, 0.4) is 0 Å². The van der Waals surface area contributed by atoms with Crippen LogP contribution >= 0.6 is 34.8 Å². The van der Waals surface area contributed by atoms with Crippen LogP contribution in [0.15, 0.2) is 42.5 Å². The molecule has 0 saturated carbocycles. The lowest BCUT2D eigenvalue weighted by Gasteiger charge is -2.32. The summed E-state index contributed by atoms with van der Waals surface area (Å²) in [4.78, 5) is 22.1. The maximum absolute atomic E-state index is 13.3. The van der Waals surface area contributed by atoms with Crippen LogP contribution in [0.5, 0.6) is 0 Å². The van der Waals surface area contributed by atoms with Gasteiger partial charge in [-0.25, -0.2) is 4.98 Å². The largest absolute Gasteiger partial charge is 0.336 e. The van der Waals surface area contributed by atoms with Gasteiger partial charge >= 0.3 is 0 Å². The molecule has 1 aliphatic heterocycles. The third-order valence-electron chi connectivity index (χ3n) is 5.05. The van der Waals surface area contributed by atoms with Crippen molar-refractivity contribution in [3.05, 3.63) is 63.1 Å². The van der Waals surface area contributed by atoms with E-state index in [0.717, 1.165) is 24.0 Å². The fourth-order valence-electron chi connectivity index (χ4n) is 3.39. The van der Waals surface area contributed by atoms with E-state index in [0.29, 0.717) is 40.0 Å². The smallest absolute Gasteiger partial charge is 0.254 e. The van der Waals surface area contributed by atoms with Crippen LogP contribution in [0.1, 0.15) is 10.4 Å². The van der Waals surface area contributed by atoms with Gasteiger partial charge in [0.15, 0.2) is 0 Å². The highest BCUT2D eigenvalue weighted by molar-refractivity contribution is 6.49. The Balaban J connectivity index is 1.85. The topological polar surface area (TPSA) is 36.4 Å². The molecule has 0 bridgehead atoms. The molecule has 1 amide bonds. The monoisotopic (exact) mass is 433 g/mol. The molecule has 0 atom stereocenters. The first-order chi connectivity index (χ1) is 13.5. The van der Waals surface area contributed by atoms with Crippen molar-refractivity contribution >= 4 is 51.6 Å². The van der Waals surface area contributed by atoms with E-state index in [4.69, 9.17) is 39.8 Å². The fraction of sp³-hybridized carbons (Fsp3) is 0.238. The van der Waals surface area contributed by atoms with Gasteiger partial charge in [-0.15, -0.1) is 0 Å². The molecule has 0 spiro atoms. The zero-order valence-corrected chi connectivity index (χ0v) is 17.5. The number of rotatable bonds is 2. The quantitative estimate of drug-likeness (QED) is 0.517. The molecule has 7 heteroatoms. The zero-order valence-electron chi connectivity index (χ0n) is 15.3. The number of pyridine rings is 1. The van der Waals surface area contributed by atoms with Crippen molar-refractivity contribution in [3.8, 4) is 11.3 Å². The molecule has 0 radical (unpaired) electrons. The summed E-state index contributed by atoms with van der Waals surface area (Å²) in [5.41, 5.74) is 2.60. The molecular formula is C21H18Cl3N3O. The number of para-hydroxylation sites is 1. The van der Waals surface area contributed by atoms with Gasteiger partial charge in [-0.3, -0.25) is 4.79 Å². The van der Waals surface area contributed by atoms with Crippen LogP contribution in [0, 0.1) is 0 Å². The highest BCUT2D eigenvalue weighted by atomic mass is 35.5. The van der Waals surface area contributed by atoms with Crippen LogP contribution < -0.4 is 0 Å². The van der Waals surface area contributed by atoms with Crippen molar-refractivity contribution in [2.75, 3.05) is 33.2 Å². The first kappa shape index (κ1) is 19.5. The summed E-state index contributed by atoms with van der Waals surface area (Å²) in [5.74, 6) is 0.00383. The van der Waals surface area contributed by atoms with Gasteiger partial charge in [-0.1, -0.05) is 53.0 Å². The number of fused-ring (bicyclic) bond motifs is 1. The number of benzene rings is 2. The molecule has 4 rings (SSSR count). The fourth-order valence-corrected chi connectivity index (χ4v) is 4.03. The summed E-state index contributed by atoms with van der Waals surface area (Å²) >= 11 is 18.7. The Labute approximate surface area is 178 Å². The third-order valence-corrected chi connectivity index (χ3v) is 6.34. The van der Waals surface area contributed by atoms with Crippen LogP contribution in [-0.4, -0.2) is 53.9 Å². The van der Waals surface area contributed by atoms with Gasteiger partial charge in [-0.05, 0) is 31.3 Å². The summed E-state index contributed by atoms with van der Waals surface area (Å²) in [7, 11) is 2.06. The number of hydrogen-bond donors (Lipinski definition) is 0. The number of hydrogen-bond acceptors (Lipinski definition) is 3. The molecule has 2 aromatic carbocycles. The highest BCUT2D eigenvalue weighted by Crippen LogP contribution is 2.38. The van der Waals surface area contributed by atoms with Crippen molar-refractivity contribution in [1.29, 1.82) is 0 Å². The Kier molecular flexibility index (Phi) is 5.48. The van der Waals surface area contributed by atoms with E-state index in [1.165, 1.54) is 0 Å². The normalized spacial score (nSPS) is 15.2. The second-order valence-electron chi connectivity index (χ2n) is 6.89.